The molecule has 2 heterocycles. The molecule has 0 aliphatic carbocycles. The maximum atomic E-state index is 5.06. The Kier molecular flexibility index (Phi) is 6.69. The van der Waals surface area contributed by atoms with Gasteiger partial charge in [-0.2, -0.15) is 0 Å². The third-order valence-electron chi connectivity index (χ3n) is 8.93. The van der Waals surface area contributed by atoms with Crippen LogP contribution in [0, 0.1) is 0 Å². The minimum atomic E-state index is 0.718. The van der Waals surface area contributed by atoms with Crippen LogP contribution in [0.3, 0.4) is 0 Å². The molecule has 0 unspecified atom stereocenters. The quantitative estimate of drug-likeness (QED) is 0.192. The van der Waals surface area contributed by atoms with Gasteiger partial charge in [0.2, 0.25) is 0 Å². The molecular weight excluding hydrogens is 589 g/mol. The Balaban J connectivity index is 1.09. The molecule has 0 aliphatic rings. The van der Waals surface area contributed by atoms with Crippen LogP contribution < -0.4 is 0 Å². The number of rotatable bonds is 5. The van der Waals surface area contributed by atoms with Crippen LogP contribution in [0.25, 0.3) is 87.1 Å². The van der Waals surface area contributed by atoms with E-state index >= 15 is 0 Å². The molecule has 220 valence electrons. The SMILES string of the molecule is c1ccc(-c2nc(-c3ccc(-c4ccc5sc6ccccc6c5c4)cc3)cc(-c3ccc(-c4cccc5ccccc45)cc3)n2)cc1. The molecule has 9 aromatic rings. The van der Waals surface area contributed by atoms with Gasteiger partial charge in [0.15, 0.2) is 5.82 Å². The molecule has 47 heavy (non-hydrogen) atoms. The highest BCUT2D eigenvalue weighted by atomic mass is 32.1. The van der Waals surface area contributed by atoms with Gasteiger partial charge in [-0.15, -0.1) is 11.3 Å². The molecule has 7 aromatic carbocycles. The summed E-state index contributed by atoms with van der Waals surface area (Å²) in [7, 11) is 0. The number of fused-ring (bicyclic) bond motifs is 4. The lowest BCUT2D eigenvalue weighted by Crippen LogP contribution is -1.96. The minimum Gasteiger partial charge on any atom is -0.228 e. The van der Waals surface area contributed by atoms with Crippen molar-refractivity contribution in [3.8, 4) is 56.2 Å². The first-order valence-electron chi connectivity index (χ1n) is 15.8. The minimum absolute atomic E-state index is 0.718. The predicted octanol–water partition coefficient (Wildman–Crippen LogP) is 12.3. The highest BCUT2D eigenvalue weighted by molar-refractivity contribution is 7.25. The van der Waals surface area contributed by atoms with Gasteiger partial charge < -0.3 is 0 Å². The van der Waals surface area contributed by atoms with Crippen molar-refractivity contribution in [1.29, 1.82) is 0 Å². The van der Waals surface area contributed by atoms with Gasteiger partial charge in [0.05, 0.1) is 11.4 Å². The zero-order valence-electron chi connectivity index (χ0n) is 25.5. The van der Waals surface area contributed by atoms with Crippen LogP contribution >= 0.6 is 11.3 Å². The molecule has 0 spiro atoms. The average Bonchev–Trinajstić information content (AvgIpc) is 3.53. The first kappa shape index (κ1) is 27.4. The first-order chi connectivity index (χ1) is 23.3. The fourth-order valence-corrected chi connectivity index (χ4v) is 7.58. The maximum absolute atomic E-state index is 5.06. The van der Waals surface area contributed by atoms with Gasteiger partial charge in [-0.05, 0) is 57.3 Å². The standard InChI is InChI=1S/C44H28N2S/c1-2-10-34(11-3-1)44-45-40(28-41(46-44)33-23-19-31(20-24-33)37-15-8-12-30-9-4-5-13-36(30)37)32-21-17-29(18-22-32)35-25-26-43-39(27-35)38-14-6-7-16-42(38)47-43/h1-28H. The molecule has 0 atom stereocenters. The third-order valence-corrected chi connectivity index (χ3v) is 10.1. The lowest BCUT2D eigenvalue weighted by atomic mass is 9.97. The van der Waals surface area contributed by atoms with Gasteiger partial charge in [0, 0.05) is 36.9 Å². The summed E-state index contributed by atoms with van der Waals surface area (Å²) in [4.78, 5) is 10.1. The van der Waals surface area contributed by atoms with Gasteiger partial charge in [-0.1, -0.05) is 146 Å². The zero-order chi connectivity index (χ0) is 31.2. The van der Waals surface area contributed by atoms with Crippen LogP contribution in [-0.2, 0) is 0 Å². The van der Waals surface area contributed by atoms with Crippen LogP contribution in [0.4, 0.5) is 0 Å². The van der Waals surface area contributed by atoms with Crippen molar-refractivity contribution < 1.29 is 0 Å². The van der Waals surface area contributed by atoms with Gasteiger partial charge in [-0.3, -0.25) is 0 Å². The molecule has 2 nitrogen and oxygen atoms in total. The maximum Gasteiger partial charge on any atom is 0.160 e. The number of thiophene rings is 1. The molecule has 3 heteroatoms. The zero-order valence-corrected chi connectivity index (χ0v) is 26.3. The molecule has 2 aromatic heterocycles. The van der Waals surface area contributed by atoms with Gasteiger partial charge in [0.25, 0.3) is 0 Å². The monoisotopic (exact) mass is 616 g/mol. The second kappa shape index (κ2) is 11.5. The molecule has 0 bridgehead atoms. The molecular formula is C44H28N2S. The molecule has 0 saturated carbocycles. The van der Waals surface area contributed by atoms with Gasteiger partial charge in [-0.25, -0.2) is 9.97 Å². The molecule has 0 saturated heterocycles. The third kappa shape index (κ3) is 5.07. The Labute approximate surface area is 277 Å². The van der Waals surface area contributed by atoms with E-state index in [1.165, 1.54) is 53.2 Å². The van der Waals surface area contributed by atoms with Crippen LogP contribution in [0.15, 0.2) is 170 Å². The molecule has 0 radical (unpaired) electrons. The van der Waals surface area contributed by atoms with Crippen molar-refractivity contribution in [3.05, 3.63) is 170 Å². The van der Waals surface area contributed by atoms with E-state index in [0.717, 1.165) is 33.9 Å². The molecule has 0 amide bonds. The molecule has 0 N–H and O–H groups in total. The summed E-state index contributed by atoms with van der Waals surface area (Å²) in [5.74, 6) is 0.718. The van der Waals surface area contributed by atoms with E-state index in [2.05, 4.69) is 152 Å². The number of benzene rings is 7. The van der Waals surface area contributed by atoms with Crippen molar-refractivity contribution in [1.82, 2.24) is 9.97 Å². The molecule has 0 aliphatic heterocycles. The predicted molar refractivity (Wildman–Crippen MR) is 200 cm³/mol. The summed E-state index contributed by atoms with van der Waals surface area (Å²) in [6.07, 6.45) is 0. The summed E-state index contributed by atoms with van der Waals surface area (Å²) < 4.78 is 2.64. The van der Waals surface area contributed by atoms with E-state index in [1.807, 2.05) is 29.5 Å². The van der Waals surface area contributed by atoms with Crippen molar-refractivity contribution >= 4 is 42.3 Å². The number of nitrogens with zero attached hydrogens (tertiary/aromatic N) is 2. The molecule has 0 fully saturated rings. The van der Waals surface area contributed by atoms with Crippen molar-refractivity contribution in [3.63, 3.8) is 0 Å². The van der Waals surface area contributed by atoms with Crippen LogP contribution in [0.5, 0.6) is 0 Å². The van der Waals surface area contributed by atoms with Gasteiger partial charge in [0.1, 0.15) is 0 Å². The van der Waals surface area contributed by atoms with E-state index in [-0.39, 0.29) is 0 Å². The highest BCUT2D eigenvalue weighted by Gasteiger charge is 2.13. The Morgan fingerprint density at radius 3 is 1.68 bits per heavy atom. The first-order valence-corrected chi connectivity index (χ1v) is 16.6. The second-order valence-corrected chi connectivity index (χ2v) is 12.9. The molecule has 9 rings (SSSR count). The number of hydrogen-bond acceptors (Lipinski definition) is 3. The largest absolute Gasteiger partial charge is 0.228 e. The van der Waals surface area contributed by atoms with Crippen molar-refractivity contribution in [2.45, 2.75) is 0 Å². The highest BCUT2D eigenvalue weighted by Crippen LogP contribution is 2.37. The Hall–Kier alpha value is -5.90. The van der Waals surface area contributed by atoms with Crippen molar-refractivity contribution in [2.75, 3.05) is 0 Å². The smallest absolute Gasteiger partial charge is 0.160 e. The lowest BCUT2D eigenvalue weighted by Gasteiger charge is -2.11. The lowest BCUT2D eigenvalue weighted by molar-refractivity contribution is 1.18. The van der Waals surface area contributed by atoms with E-state index in [1.54, 1.807) is 0 Å². The Morgan fingerprint density at radius 1 is 0.340 bits per heavy atom. The summed E-state index contributed by atoms with van der Waals surface area (Å²) in [5, 5.41) is 5.13. The number of hydrogen-bond donors (Lipinski definition) is 0. The van der Waals surface area contributed by atoms with Crippen LogP contribution in [0.2, 0.25) is 0 Å². The summed E-state index contributed by atoms with van der Waals surface area (Å²) in [5.41, 5.74) is 9.74. The summed E-state index contributed by atoms with van der Waals surface area (Å²) in [6.45, 7) is 0. The van der Waals surface area contributed by atoms with Crippen LogP contribution in [0.1, 0.15) is 0 Å². The normalized spacial score (nSPS) is 11.4. The van der Waals surface area contributed by atoms with Crippen LogP contribution in [-0.4, -0.2) is 9.97 Å². The summed E-state index contributed by atoms with van der Waals surface area (Å²) in [6, 6.07) is 60.3. The van der Waals surface area contributed by atoms with E-state index in [9.17, 15) is 0 Å². The van der Waals surface area contributed by atoms with Gasteiger partial charge >= 0.3 is 0 Å². The van der Waals surface area contributed by atoms with E-state index in [4.69, 9.17) is 9.97 Å². The fraction of sp³-hybridized carbons (Fsp3) is 0. The Morgan fingerprint density at radius 2 is 0.915 bits per heavy atom. The van der Waals surface area contributed by atoms with E-state index < -0.39 is 0 Å². The topological polar surface area (TPSA) is 25.8 Å². The second-order valence-electron chi connectivity index (χ2n) is 11.8. The fourth-order valence-electron chi connectivity index (χ4n) is 6.50. The Bertz CT molecular complexity index is 2540. The average molecular weight is 617 g/mol. The summed E-state index contributed by atoms with van der Waals surface area (Å²) >= 11 is 1.85. The van der Waals surface area contributed by atoms with Crippen molar-refractivity contribution in [2.24, 2.45) is 0 Å². The van der Waals surface area contributed by atoms with E-state index in [0.29, 0.717) is 0 Å². The number of aromatic nitrogens is 2.